The monoisotopic (exact) mass is 290 g/mol. The van der Waals surface area contributed by atoms with E-state index in [4.69, 9.17) is 5.73 Å². The third-order valence-corrected chi connectivity index (χ3v) is 3.52. The van der Waals surface area contributed by atoms with E-state index in [1.54, 1.807) is 4.52 Å². The second-order valence-electron chi connectivity index (χ2n) is 5.01. The molecule has 108 valence electrons. The fraction of sp³-hybridized carbons (Fsp3) is 0.0625. The lowest BCUT2D eigenvalue weighted by Crippen LogP contribution is -2.09. The van der Waals surface area contributed by atoms with E-state index < -0.39 is 0 Å². The Labute approximate surface area is 126 Å². The van der Waals surface area contributed by atoms with Crippen molar-refractivity contribution in [3.63, 3.8) is 0 Å². The molecule has 0 fully saturated rings. The zero-order valence-corrected chi connectivity index (χ0v) is 12.0. The summed E-state index contributed by atoms with van der Waals surface area (Å²) in [7, 11) is 0. The van der Waals surface area contributed by atoms with Crippen molar-refractivity contribution >= 4 is 28.2 Å². The third-order valence-electron chi connectivity index (χ3n) is 3.52. The molecule has 1 aromatic carbocycles. The Morgan fingerprint density at radius 2 is 1.77 bits per heavy atom. The van der Waals surface area contributed by atoms with Crippen LogP contribution in [0.5, 0.6) is 0 Å². The predicted octanol–water partition coefficient (Wildman–Crippen LogP) is 2.57. The van der Waals surface area contributed by atoms with Gasteiger partial charge in [0.2, 0.25) is 5.95 Å². The van der Waals surface area contributed by atoms with Crippen molar-refractivity contribution in [3.05, 3.63) is 60.7 Å². The first kappa shape index (κ1) is 12.6. The average molecular weight is 290 g/mol. The number of fused-ring (bicyclic) bond motifs is 3. The second kappa shape index (κ2) is 4.70. The van der Waals surface area contributed by atoms with Gasteiger partial charge in [-0.05, 0) is 31.2 Å². The molecule has 0 spiro atoms. The quantitative estimate of drug-likeness (QED) is 0.745. The van der Waals surface area contributed by atoms with Crippen molar-refractivity contribution in [2.75, 3.05) is 10.6 Å². The van der Waals surface area contributed by atoms with E-state index in [1.807, 2.05) is 66.7 Å². The Bertz CT molecular complexity index is 948. The number of hydrogen-bond acceptors (Lipinski definition) is 5. The highest BCUT2D eigenvalue weighted by Crippen LogP contribution is 2.29. The van der Waals surface area contributed by atoms with Crippen LogP contribution in [0.25, 0.3) is 16.6 Å². The van der Waals surface area contributed by atoms with Crippen LogP contribution in [0.1, 0.15) is 5.82 Å². The summed E-state index contributed by atoms with van der Waals surface area (Å²) < 4.78 is 1.58. The van der Waals surface area contributed by atoms with E-state index in [-0.39, 0.29) is 0 Å². The SMILES string of the molecule is Cc1nc2c3cccc(N4C=CC=CC=C4)c3nc(N)n2n1. The Morgan fingerprint density at radius 3 is 2.55 bits per heavy atom. The molecule has 22 heavy (non-hydrogen) atoms. The normalized spacial score (nSPS) is 14.1. The van der Waals surface area contributed by atoms with Crippen LogP contribution in [0.4, 0.5) is 11.6 Å². The fourth-order valence-corrected chi connectivity index (χ4v) is 2.57. The molecule has 0 atom stereocenters. The highest BCUT2D eigenvalue weighted by molar-refractivity contribution is 6.00. The van der Waals surface area contributed by atoms with Gasteiger partial charge in [-0.1, -0.05) is 18.2 Å². The maximum Gasteiger partial charge on any atom is 0.223 e. The van der Waals surface area contributed by atoms with Crippen LogP contribution < -0.4 is 10.6 Å². The van der Waals surface area contributed by atoms with E-state index in [0.717, 1.165) is 22.2 Å². The summed E-state index contributed by atoms with van der Waals surface area (Å²) in [5.41, 5.74) is 8.52. The Hall–Kier alpha value is -3.15. The molecular formula is C16H14N6. The Kier molecular flexibility index (Phi) is 2.69. The van der Waals surface area contributed by atoms with Crippen molar-refractivity contribution < 1.29 is 0 Å². The molecule has 2 aromatic heterocycles. The molecule has 3 heterocycles. The molecule has 1 aliphatic heterocycles. The first-order valence-electron chi connectivity index (χ1n) is 6.95. The molecule has 0 unspecified atom stereocenters. The van der Waals surface area contributed by atoms with Crippen LogP contribution in [0.2, 0.25) is 0 Å². The first-order chi connectivity index (χ1) is 10.7. The summed E-state index contributed by atoms with van der Waals surface area (Å²) >= 11 is 0. The maximum absolute atomic E-state index is 6.05. The van der Waals surface area contributed by atoms with Gasteiger partial charge in [-0.3, -0.25) is 0 Å². The van der Waals surface area contributed by atoms with Crippen LogP contribution in [0.15, 0.2) is 54.9 Å². The van der Waals surface area contributed by atoms with Crippen LogP contribution in [-0.4, -0.2) is 19.6 Å². The van der Waals surface area contributed by atoms with E-state index in [2.05, 4.69) is 15.1 Å². The number of anilines is 2. The molecule has 6 nitrogen and oxygen atoms in total. The number of nitrogens with two attached hydrogens (primary N) is 1. The van der Waals surface area contributed by atoms with E-state index >= 15 is 0 Å². The van der Waals surface area contributed by atoms with Crippen molar-refractivity contribution in [3.8, 4) is 0 Å². The molecule has 0 amide bonds. The van der Waals surface area contributed by atoms with Crippen molar-refractivity contribution in [1.29, 1.82) is 0 Å². The minimum Gasteiger partial charge on any atom is -0.368 e. The summed E-state index contributed by atoms with van der Waals surface area (Å²) in [6, 6.07) is 5.98. The van der Waals surface area contributed by atoms with E-state index in [9.17, 15) is 0 Å². The average Bonchev–Trinajstić information content (AvgIpc) is 2.73. The van der Waals surface area contributed by atoms with Crippen LogP contribution >= 0.6 is 0 Å². The number of nitrogens with zero attached hydrogens (tertiary/aromatic N) is 5. The van der Waals surface area contributed by atoms with Crippen molar-refractivity contribution in [2.24, 2.45) is 0 Å². The number of para-hydroxylation sites is 1. The predicted molar refractivity (Wildman–Crippen MR) is 87.3 cm³/mol. The smallest absolute Gasteiger partial charge is 0.223 e. The molecule has 6 heteroatoms. The zero-order valence-electron chi connectivity index (χ0n) is 12.0. The lowest BCUT2D eigenvalue weighted by atomic mass is 10.2. The highest BCUT2D eigenvalue weighted by Gasteiger charge is 2.14. The van der Waals surface area contributed by atoms with Gasteiger partial charge in [0.25, 0.3) is 0 Å². The van der Waals surface area contributed by atoms with Crippen LogP contribution in [0, 0.1) is 6.92 Å². The molecule has 2 N–H and O–H groups in total. The van der Waals surface area contributed by atoms with Crippen molar-refractivity contribution in [1.82, 2.24) is 19.6 Å². The maximum atomic E-state index is 6.05. The largest absolute Gasteiger partial charge is 0.368 e. The van der Waals surface area contributed by atoms with Gasteiger partial charge in [-0.2, -0.15) is 4.52 Å². The topological polar surface area (TPSA) is 72.3 Å². The number of allylic oxidation sites excluding steroid dienone is 4. The molecule has 0 saturated heterocycles. The number of hydrogen-bond donors (Lipinski definition) is 1. The van der Waals surface area contributed by atoms with Gasteiger partial charge in [0, 0.05) is 17.8 Å². The zero-order chi connectivity index (χ0) is 15.1. The fourth-order valence-electron chi connectivity index (χ4n) is 2.57. The van der Waals surface area contributed by atoms with Gasteiger partial charge >= 0.3 is 0 Å². The lowest BCUT2D eigenvalue weighted by molar-refractivity contribution is 0.923. The lowest BCUT2D eigenvalue weighted by Gasteiger charge is -2.17. The summed E-state index contributed by atoms with van der Waals surface area (Å²) in [5.74, 6) is 1.00. The third kappa shape index (κ3) is 1.85. The second-order valence-corrected chi connectivity index (χ2v) is 5.01. The molecule has 4 rings (SSSR count). The number of nitrogen functional groups attached to an aromatic ring is 1. The van der Waals surface area contributed by atoms with Gasteiger partial charge in [-0.15, -0.1) is 5.10 Å². The Balaban J connectivity index is 2.04. The molecular weight excluding hydrogens is 276 g/mol. The molecule has 3 aromatic rings. The van der Waals surface area contributed by atoms with E-state index in [1.165, 1.54) is 0 Å². The summed E-state index contributed by atoms with van der Waals surface area (Å²) in [5, 5.41) is 5.21. The van der Waals surface area contributed by atoms with Gasteiger partial charge in [0.05, 0.1) is 5.69 Å². The van der Waals surface area contributed by atoms with Crippen LogP contribution in [0.3, 0.4) is 0 Å². The Morgan fingerprint density at radius 1 is 1.00 bits per heavy atom. The van der Waals surface area contributed by atoms with Gasteiger partial charge in [-0.25, -0.2) is 9.97 Å². The highest BCUT2D eigenvalue weighted by atomic mass is 15.3. The minimum atomic E-state index is 0.330. The van der Waals surface area contributed by atoms with Gasteiger partial charge in [0.1, 0.15) is 11.3 Å². The van der Waals surface area contributed by atoms with Crippen molar-refractivity contribution in [2.45, 2.75) is 6.92 Å². The first-order valence-corrected chi connectivity index (χ1v) is 6.95. The summed E-state index contributed by atoms with van der Waals surface area (Å²) in [6.07, 6.45) is 11.9. The van der Waals surface area contributed by atoms with Gasteiger partial charge in [0.15, 0.2) is 5.65 Å². The molecule has 0 radical (unpaired) electrons. The minimum absolute atomic E-state index is 0.330. The van der Waals surface area contributed by atoms with Crippen LogP contribution in [-0.2, 0) is 0 Å². The van der Waals surface area contributed by atoms with Gasteiger partial charge < -0.3 is 10.6 Å². The number of aromatic nitrogens is 4. The standard InChI is InChI=1S/C16H14N6/c1-11-18-15-12-7-6-8-13(21-9-4-2-3-5-10-21)14(12)19-16(17)22(15)20-11/h2-10H,1H3,(H2,17,19). The number of benzene rings is 1. The summed E-state index contributed by atoms with van der Waals surface area (Å²) in [4.78, 5) is 11.0. The number of rotatable bonds is 1. The van der Waals surface area contributed by atoms with E-state index in [0.29, 0.717) is 11.8 Å². The summed E-state index contributed by atoms with van der Waals surface area (Å²) in [6.45, 7) is 1.84. The molecule has 0 bridgehead atoms. The molecule has 0 aliphatic carbocycles. The molecule has 1 aliphatic rings. The number of aryl methyl sites for hydroxylation is 1. The molecule has 0 saturated carbocycles.